The Balaban J connectivity index is 2.06. The molecule has 2 N–H and O–H groups in total. The number of carbonyl (C=O) groups excluding carboxylic acids is 3. The standard InChI is InChI=1S/C16H10N4O7/c1-7-10(5-8(19(24)25)6-12(7)20(26)27)15(22)17-11-4-2-3-9-13(11)16(23)18-14(9)21/h2-6H,1H3,(H,17,22)(H,18,21,23). The largest absolute Gasteiger partial charge is 0.321 e. The minimum atomic E-state index is -0.889. The molecule has 11 nitrogen and oxygen atoms in total. The third-order valence-electron chi connectivity index (χ3n) is 4.03. The summed E-state index contributed by atoms with van der Waals surface area (Å²) < 4.78 is 0. The Hall–Kier alpha value is -4.15. The molecule has 0 spiro atoms. The molecule has 1 aliphatic heterocycles. The van der Waals surface area contributed by atoms with E-state index >= 15 is 0 Å². The maximum Gasteiger partial charge on any atom is 0.279 e. The summed E-state index contributed by atoms with van der Waals surface area (Å²) in [6, 6.07) is 5.88. The maximum atomic E-state index is 12.6. The summed E-state index contributed by atoms with van der Waals surface area (Å²) in [5, 5.41) is 26.6. The van der Waals surface area contributed by atoms with E-state index in [0.717, 1.165) is 12.1 Å². The summed E-state index contributed by atoms with van der Waals surface area (Å²) in [5.41, 5.74) is -1.54. The van der Waals surface area contributed by atoms with E-state index in [2.05, 4.69) is 10.6 Å². The van der Waals surface area contributed by atoms with E-state index in [4.69, 9.17) is 0 Å². The van der Waals surface area contributed by atoms with Gasteiger partial charge in [-0.25, -0.2) is 0 Å². The molecule has 1 aliphatic rings. The Kier molecular flexibility index (Phi) is 4.12. The first kappa shape index (κ1) is 17.7. The van der Waals surface area contributed by atoms with Crippen LogP contribution in [0.1, 0.15) is 36.6 Å². The molecule has 3 amide bonds. The number of hydrogen-bond donors (Lipinski definition) is 2. The molecule has 0 unspecified atom stereocenters. The van der Waals surface area contributed by atoms with Crippen LogP contribution in [0.3, 0.4) is 0 Å². The molecular formula is C16H10N4O7. The molecule has 0 aromatic heterocycles. The number of rotatable bonds is 4. The summed E-state index contributed by atoms with van der Waals surface area (Å²) in [6.45, 7) is 1.28. The smallest absolute Gasteiger partial charge is 0.279 e. The van der Waals surface area contributed by atoms with Crippen LogP contribution in [0.5, 0.6) is 0 Å². The van der Waals surface area contributed by atoms with Gasteiger partial charge in [0.15, 0.2) is 0 Å². The lowest BCUT2D eigenvalue weighted by Gasteiger charge is -2.10. The Bertz CT molecular complexity index is 1060. The van der Waals surface area contributed by atoms with Crippen molar-refractivity contribution in [2.75, 3.05) is 5.32 Å². The number of carbonyl (C=O) groups is 3. The Morgan fingerprint density at radius 3 is 2.41 bits per heavy atom. The number of fused-ring (bicyclic) bond motifs is 1. The van der Waals surface area contributed by atoms with Crippen LogP contribution in [0, 0.1) is 27.2 Å². The van der Waals surface area contributed by atoms with Gasteiger partial charge in [0.1, 0.15) is 0 Å². The van der Waals surface area contributed by atoms with Gasteiger partial charge >= 0.3 is 0 Å². The van der Waals surface area contributed by atoms with E-state index in [1.165, 1.54) is 25.1 Å². The third kappa shape index (κ3) is 2.97. The van der Waals surface area contributed by atoms with E-state index in [1.54, 1.807) is 0 Å². The van der Waals surface area contributed by atoms with Gasteiger partial charge in [-0.15, -0.1) is 0 Å². The number of nitro benzene ring substituents is 2. The minimum Gasteiger partial charge on any atom is -0.321 e. The average Bonchev–Trinajstić information content (AvgIpc) is 2.89. The molecule has 27 heavy (non-hydrogen) atoms. The zero-order valence-electron chi connectivity index (χ0n) is 13.6. The van der Waals surface area contributed by atoms with Gasteiger partial charge in [-0.1, -0.05) is 6.07 Å². The van der Waals surface area contributed by atoms with Crippen LogP contribution in [-0.2, 0) is 0 Å². The summed E-state index contributed by atoms with van der Waals surface area (Å²) in [4.78, 5) is 56.6. The molecule has 0 atom stereocenters. The fraction of sp³-hybridized carbons (Fsp3) is 0.0625. The molecule has 0 saturated carbocycles. The first-order valence-corrected chi connectivity index (χ1v) is 7.44. The SMILES string of the molecule is Cc1c(C(=O)Nc2cccc3c2C(=O)NC3=O)cc([N+](=O)[O-])cc1[N+](=O)[O-]. The highest BCUT2D eigenvalue weighted by Gasteiger charge is 2.31. The quantitative estimate of drug-likeness (QED) is 0.472. The van der Waals surface area contributed by atoms with E-state index in [-0.39, 0.29) is 27.9 Å². The first-order chi connectivity index (χ1) is 12.7. The van der Waals surface area contributed by atoms with Gasteiger partial charge in [-0.2, -0.15) is 0 Å². The van der Waals surface area contributed by atoms with E-state index < -0.39 is 38.9 Å². The third-order valence-corrected chi connectivity index (χ3v) is 4.03. The summed E-state index contributed by atoms with van der Waals surface area (Å²) in [6.07, 6.45) is 0. The van der Waals surface area contributed by atoms with Gasteiger partial charge in [0.25, 0.3) is 29.1 Å². The molecule has 0 fully saturated rings. The van der Waals surface area contributed by atoms with Crippen LogP contribution in [0.25, 0.3) is 0 Å². The summed E-state index contributed by atoms with van der Waals surface area (Å²) >= 11 is 0. The number of nitro groups is 2. The Morgan fingerprint density at radius 2 is 1.78 bits per heavy atom. The van der Waals surface area contributed by atoms with Crippen LogP contribution in [0.2, 0.25) is 0 Å². The lowest BCUT2D eigenvalue weighted by atomic mass is 10.0. The minimum absolute atomic E-state index is 0.00871. The van der Waals surface area contributed by atoms with Crippen molar-refractivity contribution in [1.82, 2.24) is 5.32 Å². The molecule has 2 aromatic carbocycles. The average molecular weight is 370 g/mol. The van der Waals surface area contributed by atoms with Crippen LogP contribution >= 0.6 is 0 Å². The van der Waals surface area contributed by atoms with E-state index in [1.807, 2.05) is 0 Å². The van der Waals surface area contributed by atoms with Gasteiger partial charge in [-0.05, 0) is 19.1 Å². The highest BCUT2D eigenvalue weighted by molar-refractivity contribution is 6.25. The number of hydrogen-bond acceptors (Lipinski definition) is 7. The second-order valence-electron chi connectivity index (χ2n) is 5.62. The second kappa shape index (κ2) is 6.29. The molecule has 0 radical (unpaired) electrons. The number of benzene rings is 2. The predicted molar refractivity (Wildman–Crippen MR) is 90.7 cm³/mol. The molecule has 0 saturated heterocycles. The normalized spacial score (nSPS) is 12.3. The van der Waals surface area contributed by atoms with Crippen LogP contribution in [0.4, 0.5) is 17.1 Å². The van der Waals surface area contributed by atoms with Gasteiger partial charge in [0.05, 0.1) is 38.3 Å². The van der Waals surface area contributed by atoms with Crippen LogP contribution < -0.4 is 10.6 Å². The highest BCUT2D eigenvalue weighted by atomic mass is 16.6. The van der Waals surface area contributed by atoms with E-state index in [9.17, 15) is 34.6 Å². The fourth-order valence-corrected chi connectivity index (χ4v) is 2.73. The Morgan fingerprint density at radius 1 is 1.07 bits per heavy atom. The lowest BCUT2D eigenvalue weighted by Crippen LogP contribution is -2.21. The van der Waals surface area contributed by atoms with Gasteiger partial charge in [-0.3, -0.25) is 39.9 Å². The molecular weight excluding hydrogens is 360 g/mol. The highest BCUT2D eigenvalue weighted by Crippen LogP contribution is 2.30. The van der Waals surface area contributed by atoms with Gasteiger partial charge < -0.3 is 5.32 Å². The molecule has 1 heterocycles. The van der Waals surface area contributed by atoms with Crippen molar-refractivity contribution in [1.29, 1.82) is 0 Å². The molecule has 0 aliphatic carbocycles. The number of imide groups is 1. The van der Waals surface area contributed by atoms with Gasteiger partial charge in [0, 0.05) is 11.6 Å². The predicted octanol–water partition coefficient (Wildman–Crippen LogP) is 1.95. The monoisotopic (exact) mass is 370 g/mol. The first-order valence-electron chi connectivity index (χ1n) is 7.44. The molecule has 11 heteroatoms. The van der Waals surface area contributed by atoms with Crippen LogP contribution in [0.15, 0.2) is 30.3 Å². The van der Waals surface area contributed by atoms with Crippen molar-refractivity contribution in [2.45, 2.75) is 6.92 Å². The van der Waals surface area contributed by atoms with Crippen molar-refractivity contribution >= 4 is 34.8 Å². The zero-order chi connectivity index (χ0) is 19.9. The zero-order valence-corrected chi connectivity index (χ0v) is 13.6. The van der Waals surface area contributed by atoms with Crippen molar-refractivity contribution in [3.8, 4) is 0 Å². The number of anilines is 1. The number of non-ortho nitro benzene ring substituents is 1. The topological polar surface area (TPSA) is 162 Å². The van der Waals surface area contributed by atoms with Crippen LogP contribution in [-0.4, -0.2) is 27.6 Å². The number of nitrogens with zero attached hydrogens (tertiary/aromatic N) is 2. The second-order valence-corrected chi connectivity index (χ2v) is 5.62. The molecule has 3 rings (SSSR count). The molecule has 136 valence electrons. The molecule has 0 bridgehead atoms. The van der Waals surface area contributed by atoms with E-state index in [0.29, 0.717) is 0 Å². The van der Waals surface area contributed by atoms with Gasteiger partial charge in [0.2, 0.25) is 0 Å². The Labute approximate surface area is 150 Å². The number of nitrogens with one attached hydrogen (secondary N) is 2. The fourth-order valence-electron chi connectivity index (χ4n) is 2.73. The van der Waals surface area contributed by atoms with Crippen molar-refractivity contribution in [2.24, 2.45) is 0 Å². The summed E-state index contributed by atoms with van der Waals surface area (Å²) in [5.74, 6) is -2.21. The van der Waals surface area contributed by atoms with Crippen molar-refractivity contribution < 1.29 is 24.2 Å². The molecule has 2 aromatic rings. The lowest BCUT2D eigenvalue weighted by molar-refractivity contribution is -0.394. The maximum absolute atomic E-state index is 12.6. The van der Waals surface area contributed by atoms with Crippen molar-refractivity contribution in [3.05, 3.63) is 72.8 Å². The van der Waals surface area contributed by atoms with Crippen molar-refractivity contribution in [3.63, 3.8) is 0 Å². The summed E-state index contributed by atoms with van der Waals surface area (Å²) in [7, 11) is 0. The number of amides is 3.